The van der Waals surface area contributed by atoms with E-state index < -0.39 is 0 Å². The Morgan fingerprint density at radius 3 is 2.94 bits per heavy atom. The zero-order valence-corrected chi connectivity index (χ0v) is 21.5. The van der Waals surface area contributed by atoms with Gasteiger partial charge in [-0.05, 0) is 36.8 Å². The minimum absolute atomic E-state index is 0. The molecule has 1 saturated carbocycles. The average molecular weight is 550 g/mol. The molecule has 2 atom stereocenters. The number of fused-ring (bicyclic) bond motifs is 1. The van der Waals surface area contributed by atoms with E-state index in [1.165, 1.54) is 42.1 Å². The molecule has 1 aliphatic carbocycles. The summed E-state index contributed by atoms with van der Waals surface area (Å²) in [6.07, 6.45) is 10.9. The van der Waals surface area contributed by atoms with Gasteiger partial charge in [-0.3, -0.25) is 4.99 Å². The van der Waals surface area contributed by atoms with Crippen molar-refractivity contribution < 1.29 is 0 Å². The van der Waals surface area contributed by atoms with Gasteiger partial charge in [-0.1, -0.05) is 44.9 Å². The molecule has 2 unspecified atom stereocenters. The summed E-state index contributed by atoms with van der Waals surface area (Å²) in [5.74, 6) is 2.62. The van der Waals surface area contributed by atoms with Crippen LogP contribution in [0.1, 0.15) is 50.9 Å². The van der Waals surface area contributed by atoms with E-state index in [1.54, 1.807) is 0 Å². The fraction of sp³-hybridized carbons (Fsp3) is 0.542. The molecule has 7 nitrogen and oxygen atoms in total. The Morgan fingerprint density at radius 2 is 2.09 bits per heavy atom. The van der Waals surface area contributed by atoms with E-state index in [2.05, 4.69) is 74.7 Å². The molecule has 0 saturated heterocycles. The zero-order chi connectivity index (χ0) is 21.5. The number of H-pyrrole nitrogens is 1. The Hall–Kier alpha value is -2.10. The summed E-state index contributed by atoms with van der Waals surface area (Å²) < 4.78 is 2.11. The van der Waals surface area contributed by atoms with Crippen molar-refractivity contribution in [1.82, 2.24) is 30.4 Å². The highest BCUT2D eigenvalue weighted by atomic mass is 127. The van der Waals surface area contributed by atoms with Gasteiger partial charge in [0.15, 0.2) is 5.96 Å². The van der Waals surface area contributed by atoms with Crippen LogP contribution in [0.25, 0.3) is 10.9 Å². The minimum Gasteiger partial charge on any atom is -0.361 e. The quantitative estimate of drug-likeness (QED) is 0.222. The molecular formula is C24H36IN7. The van der Waals surface area contributed by atoms with Crippen molar-refractivity contribution in [2.75, 3.05) is 13.1 Å². The molecule has 0 radical (unpaired) electrons. The fourth-order valence-corrected chi connectivity index (χ4v) is 4.52. The normalized spacial score (nSPS) is 19.0. The van der Waals surface area contributed by atoms with Crippen LogP contribution >= 0.6 is 24.0 Å². The molecule has 4 rings (SSSR count). The summed E-state index contributed by atoms with van der Waals surface area (Å²) in [5.41, 5.74) is 2.51. The summed E-state index contributed by atoms with van der Waals surface area (Å²) in [4.78, 5) is 8.30. The van der Waals surface area contributed by atoms with Gasteiger partial charge in [0.25, 0.3) is 0 Å². The summed E-state index contributed by atoms with van der Waals surface area (Å²) in [6, 6.07) is 8.96. The zero-order valence-electron chi connectivity index (χ0n) is 19.2. The van der Waals surface area contributed by atoms with Crippen molar-refractivity contribution in [3.8, 4) is 0 Å². The summed E-state index contributed by atoms with van der Waals surface area (Å²) in [6.45, 7) is 6.85. The first-order chi connectivity index (χ1) is 15.2. The molecule has 3 N–H and O–H groups in total. The molecule has 1 aromatic carbocycles. The molecule has 32 heavy (non-hydrogen) atoms. The van der Waals surface area contributed by atoms with Gasteiger partial charge in [0.05, 0.1) is 0 Å². The SMILES string of the molecule is CCc1nncn1CCNC(=NCCc1c[nH]c2ccccc12)NC1CCCCC1C.I. The van der Waals surface area contributed by atoms with Gasteiger partial charge < -0.3 is 20.2 Å². The maximum Gasteiger partial charge on any atom is 0.191 e. The summed E-state index contributed by atoms with van der Waals surface area (Å²) in [5, 5.41) is 16.8. The van der Waals surface area contributed by atoms with E-state index in [0.717, 1.165) is 44.3 Å². The molecule has 1 aliphatic rings. The lowest BCUT2D eigenvalue weighted by Crippen LogP contribution is -2.48. The third-order valence-electron chi connectivity index (χ3n) is 6.42. The van der Waals surface area contributed by atoms with E-state index in [4.69, 9.17) is 4.99 Å². The van der Waals surface area contributed by atoms with Gasteiger partial charge in [-0.25, -0.2) is 0 Å². The molecular weight excluding hydrogens is 513 g/mol. The van der Waals surface area contributed by atoms with Crippen LogP contribution in [0, 0.1) is 5.92 Å². The van der Waals surface area contributed by atoms with Crippen LogP contribution < -0.4 is 10.6 Å². The van der Waals surface area contributed by atoms with Crippen molar-refractivity contribution >= 4 is 40.8 Å². The van der Waals surface area contributed by atoms with Crippen LogP contribution in [-0.2, 0) is 19.4 Å². The number of aromatic nitrogens is 4. The van der Waals surface area contributed by atoms with Crippen LogP contribution in [0.5, 0.6) is 0 Å². The van der Waals surface area contributed by atoms with Crippen LogP contribution in [0.2, 0.25) is 0 Å². The van der Waals surface area contributed by atoms with Gasteiger partial charge in [-0.2, -0.15) is 0 Å². The molecule has 0 amide bonds. The highest BCUT2D eigenvalue weighted by Crippen LogP contribution is 2.23. The fourth-order valence-electron chi connectivity index (χ4n) is 4.52. The largest absolute Gasteiger partial charge is 0.361 e. The Morgan fingerprint density at radius 1 is 1.25 bits per heavy atom. The Kier molecular flexibility index (Phi) is 9.37. The van der Waals surface area contributed by atoms with Crippen molar-refractivity contribution in [1.29, 1.82) is 0 Å². The van der Waals surface area contributed by atoms with E-state index >= 15 is 0 Å². The van der Waals surface area contributed by atoms with Crippen LogP contribution in [0.15, 0.2) is 41.8 Å². The molecule has 3 aromatic rings. The monoisotopic (exact) mass is 549 g/mol. The average Bonchev–Trinajstić information content (AvgIpc) is 3.42. The van der Waals surface area contributed by atoms with Gasteiger partial charge >= 0.3 is 0 Å². The molecule has 0 bridgehead atoms. The highest BCUT2D eigenvalue weighted by molar-refractivity contribution is 14.0. The highest BCUT2D eigenvalue weighted by Gasteiger charge is 2.22. The number of aryl methyl sites for hydroxylation is 1. The molecule has 8 heteroatoms. The molecule has 2 heterocycles. The number of nitrogens with zero attached hydrogens (tertiary/aromatic N) is 4. The Bertz CT molecular complexity index is 993. The molecule has 1 fully saturated rings. The predicted molar refractivity (Wildman–Crippen MR) is 142 cm³/mol. The maximum atomic E-state index is 4.94. The van der Waals surface area contributed by atoms with Gasteiger partial charge in [0.1, 0.15) is 12.2 Å². The van der Waals surface area contributed by atoms with Crippen LogP contribution in [-0.4, -0.2) is 44.8 Å². The first-order valence-electron chi connectivity index (χ1n) is 11.7. The number of benzene rings is 1. The smallest absolute Gasteiger partial charge is 0.191 e. The third kappa shape index (κ3) is 6.24. The number of hydrogen-bond acceptors (Lipinski definition) is 3. The Labute approximate surface area is 207 Å². The van der Waals surface area contributed by atoms with Crippen molar-refractivity contribution in [3.05, 3.63) is 48.2 Å². The topological polar surface area (TPSA) is 82.9 Å². The van der Waals surface area contributed by atoms with Crippen LogP contribution in [0.4, 0.5) is 0 Å². The number of aromatic amines is 1. The predicted octanol–water partition coefficient (Wildman–Crippen LogP) is 4.30. The van der Waals surface area contributed by atoms with Crippen molar-refractivity contribution in [3.63, 3.8) is 0 Å². The lowest BCUT2D eigenvalue weighted by molar-refractivity contribution is 0.306. The van der Waals surface area contributed by atoms with E-state index in [1.807, 2.05) is 6.33 Å². The molecule has 2 aromatic heterocycles. The van der Waals surface area contributed by atoms with Gasteiger partial charge in [0, 0.05) is 49.2 Å². The van der Waals surface area contributed by atoms with Crippen LogP contribution in [0.3, 0.4) is 0 Å². The minimum atomic E-state index is 0. The third-order valence-corrected chi connectivity index (χ3v) is 6.42. The maximum absolute atomic E-state index is 4.94. The standard InChI is InChI=1S/C24H35N7.HI/c1-3-23-30-28-17-31(23)15-14-26-24(29-21-10-6-4-8-18(21)2)25-13-12-19-16-27-22-11-7-5-9-20(19)22;/h5,7,9,11,16-18,21,27H,3-4,6,8,10,12-15H2,1-2H3,(H2,25,26,29);1H. The molecule has 174 valence electrons. The number of hydrogen-bond donors (Lipinski definition) is 3. The van der Waals surface area contributed by atoms with Gasteiger partial charge in [0.2, 0.25) is 0 Å². The number of halogens is 1. The van der Waals surface area contributed by atoms with E-state index in [-0.39, 0.29) is 24.0 Å². The lowest BCUT2D eigenvalue weighted by Gasteiger charge is -2.31. The van der Waals surface area contributed by atoms with E-state index in [9.17, 15) is 0 Å². The molecule has 0 aliphatic heterocycles. The van der Waals surface area contributed by atoms with Gasteiger partial charge in [-0.15, -0.1) is 34.2 Å². The summed E-state index contributed by atoms with van der Waals surface area (Å²) in [7, 11) is 0. The number of nitrogens with one attached hydrogen (secondary N) is 3. The van der Waals surface area contributed by atoms with E-state index in [0.29, 0.717) is 12.0 Å². The first-order valence-corrected chi connectivity index (χ1v) is 11.7. The summed E-state index contributed by atoms with van der Waals surface area (Å²) >= 11 is 0. The number of para-hydroxylation sites is 1. The van der Waals surface area contributed by atoms with Crippen molar-refractivity contribution in [2.45, 2.75) is 65.0 Å². The number of rotatable bonds is 8. The molecule has 0 spiro atoms. The second-order valence-electron chi connectivity index (χ2n) is 8.57. The number of guanidine groups is 1. The second-order valence-corrected chi connectivity index (χ2v) is 8.57. The van der Waals surface area contributed by atoms with Crippen molar-refractivity contribution in [2.24, 2.45) is 10.9 Å². The second kappa shape index (κ2) is 12.2. The first kappa shape index (κ1) is 24.5. The number of aliphatic imine (C=N–C) groups is 1. The Balaban J connectivity index is 0.00000289. The lowest BCUT2D eigenvalue weighted by atomic mass is 9.86.